The number of aryl methyl sites for hydroxylation is 3. The first-order valence-electron chi connectivity index (χ1n) is 8.34. The molecule has 128 valence electrons. The number of aromatic nitrogens is 2. The molecule has 5 heteroatoms. The number of nitrogens with one attached hydrogen (secondary N) is 1. The smallest absolute Gasteiger partial charge is 0.261 e. The van der Waals surface area contributed by atoms with Crippen LogP contribution in [-0.4, -0.2) is 15.5 Å². The van der Waals surface area contributed by atoms with Crippen molar-refractivity contribution in [1.29, 1.82) is 0 Å². The summed E-state index contributed by atoms with van der Waals surface area (Å²) >= 11 is 0. The van der Waals surface area contributed by atoms with Crippen LogP contribution < -0.4 is 10.9 Å². The van der Waals surface area contributed by atoms with Gasteiger partial charge in [0.05, 0.1) is 17.2 Å². The van der Waals surface area contributed by atoms with Crippen LogP contribution in [0.1, 0.15) is 23.6 Å². The molecule has 3 aromatic rings. The molecule has 0 aliphatic carbocycles. The highest BCUT2D eigenvalue weighted by Crippen LogP contribution is 2.21. The van der Waals surface area contributed by atoms with E-state index in [0.717, 1.165) is 28.8 Å². The number of hydrogen-bond acceptors (Lipinski definition) is 3. The lowest BCUT2D eigenvalue weighted by Gasteiger charge is -2.13. The monoisotopic (exact) mass is 335 g/mol. The highest BCUT2D eigenvalue weighted by atomic mass is 16.2. The second-order valence-corrected chi connectivity index (χ2v) is 6.16. The third kappa shape index (κ3) is 3.31. The van der Waals surface area contributed by atoms with Crippen LogP contribution in [-0.2, 0) is 17.8 Å². The standard InChI is InChI=1S/C20H21N3O2/c1-4-15-9-5-7-13(2)18(15)22-17(24)11-23-12-21-19-14(3)8-6-10-16(19)20(23)25/h5-10,12H,4,11H2,1-3H3,(H,22,24). The van der Waals surface area contributed by atoms with Gasteiger partial charge in [0, 0.05) is 5.69 Å². The number of hydrogen-bond donors (Lipinski definition) is 1. The van der Waals surface area contributed by atoms with Crippen molar-refractivity contribution in [3.8, 4) is 0 Å². The lowest BCUT2D eigenvalue weighted by molar-refractivity contribution is -0.116. The second-order valence-electron chi connectivity index (χ2n) is 6.16. The van der Waals surface area contributed by atoms with E-state index in [-0.39, 0.29) is 18.0 Å². The fourth-order valence-corrected chi connectivity index (χ4v) is 2.99. The van der Waals surface area contributed by atoms with Crippen LogP contribution in [0.2, 0.25) is 0 Å². The maximum atomic E-state index is 12.6. The number of carbonyl (C=O) groups is 1. The molecule has 0 saturated carbocycles. The molecule has 0 spiro atoms. The van der Waals surface area contributed by atoms with Gasteiger partial charge in [0.15, 0.2) is 0 Å². The summed E-state index contributed by atoms with van der Waals surface area (Å²) in [7, 11) is 0. The molecule has 1 amide bonds. The normalized spacial score (nSPS) is 10.8. The van der Waals surface area contributed by atoms with Crippen LogP contribution >= 0.6 is 0 Å². The van der Waals surface area contributed by atoms with Crippen molar-refractivity contribution in [3.63, 3.8) is 0 Å². The van der Waals surface area contributed by atoms with Crippen LogP contribution in [0.3, 0.4) is 0 Å². The predicted molar refractivity (Wildman–Crippen MR) is 99.9 cm³/mol. The van der Waals surface area contributed by atoms with Crippen LogP contribution in [0.5, 0.6) is 0 Å². The minimum Gasteiger partial charge on any atom is -0.324 e. The Hall–Kier alpha value is -2.95. The summed E-state index contributed by atoms with van der Waals surface area (Å²) in [6, 6.07) is 11.4. The molecule has 5 nitrogen and oxygen atoms in total. The molecule has 1 N–H and O–H groups in total. The van der Waals surface area contributed by atoms with Gasteiger partial charge in [-0.3, -0.25) is 14.2 Å². The van der Waals surface area contributed by atoms with Crippen molar-refractivity contribution in [2.24, 2.45) is 0 Å². The lowest BCUT2D eigenvalue weighted by atomic mass is 10.1. The van der Waals surface area contributed by atoms with Gasteiger partial charge in [0.25, 0.3) is 5.56 Å². The molecule has 0 radical (unpaired) electrons. The van der Waals surface area contributed by atoms with Crippen LogP contribution in [0.25, 0.3) is 10.9 Å². The molecule has 0 saturated heterocycles. The first-order chi connectivity index (χ1) is 12.0. The number of amides is 1. The van der Waals surface area contributed by atoms with E-state index in [0.29, 0.717) is 10.9 Å². The Labute approximate surface area is 146 Å². The van der Waals surface area contributed by atoms with E-state index >= 15 is 0 Å². The first kappa shape index (κ1) is 16.9. The number of carbonyl (C=O) groups excluding carboxylic acids is 1. The zero-order chi connectivity index (χ0) is 18.0. The van der Waals surface area contributed by atoms with Crippen LogP contribution in [0.15, 0.2) is 47.5 Å². The van der Waals surface area contributed by atoms with Gasteiger partial charge in [-0.1, -0.05) is 37.3 Å². The van der Waals surface area contributed by atoms with Gasteiger partial charge < -0.3 is 5.32 Å². The summed E-state index contributed by atoms with van der Waals surface area (Å²) in [5.41, 5.74) is 4.33. The fraction of sp³-hybridized carbons (Fsp3) is 0.250. The molecule has 1 heterocycles. The molecule has 0 bridgehead atoms. The van der Waals surface area contributed by atoms with Crippen molar-refractivity contribution in [3.05, 3.63) is 69.8 Å². The molecule has 2 aromatic carbocycles. The summed E-state index contributed by atoms with van der Waals surface area (Å²) < 4.78 is 1.35. The molecule has 0 unspecified atom stereocenters. The van der Waals surface area contributed by atoms with Gasteiger partial charge >= 0.3 is 0 Å². The number of rotatable bonds is 4. The van der Waals surface area contributed by atoms with Crippen molar-refractivity contribution in [2.75, 3.05) is 5.32 Å². The van der Waals surface area contributed by atoms with E-state index in [1.165, 1.54) is 10.9 Å². The SMILES string of the molecule is CCc1cccc(C)c1NC(=O)Cn1cnc2c(C)cccc2c1=O. The van der Waals surface area contributed by atoms with Crippen molar-refractivity contribution < 1.29 is 4.79 Å². The second kappa shape index (κ2) is 6.89. The van der Waals surface area contributed by atoms with E-state index in [4.69, 9.17) is 0 Å². The highest BCUT2D eigenvalue weighted by molar-refractivity contribution is 5.92. The number of para-hydroxylation sites is 2. The molecule has 0 atom stereocenters. The number of nitrogens with zero attached hydrogens (tertiary/aromatic N) is 2. The summed E-state index contributed by atoms with van der Waals surface area (Å²) in [5.74, 6) is -0.236. The van der Waals surface area contributed by atoms with E-state index in [2.05, 4.69) is 10.3 Å². The largest absolute Gasteiger partial charge is 0.324 e. The molecule has 25 heavy (non-hydrogen) atoms. The number of anilines is 1. The molecular formula is C20H21N3O2. The molecule has 0 fully saturated rings. The van der Waals surface area contributed by atoms with Crippen molar-refractivity contribution in [2.45, 2.75) is 33.7 Å². The Morgan fingerprint density at radius 3 is 2.60 bits per heavy atom. The zero-order valence-corrected chi connectivity index (χ0v) is 14.7. The van der Waals surface area contributed by atoms with E-state index in [1.807, 2.05) is 51.1 Å². The average molecular weight is 335 g/mol. The minimum atomic E-state index is -0.236. The van der Waals surface area contributed by atoms with Gasteiger partial charge in [-0.25, -0.2) is 4.98 Å². The minimum absolute atomic E-state index is 0.0623. The van der Waals surface area contributed by atoms with Gasteiger partial charge in [-0.2, -0.15) is 0 Å². The van der Waals surface area contributed by atoms with E-state index < -0.39 is 0 Å². The predicted octanol–water partition coefficient (Wildman–Crippen LogP) is 3.21. The molecule has 0 aliphatic rings. The van der Waals surface area contributed by atoms with E-state index in [9.17, 15) is 9.59 Å². The topological polar surface area (TPSA) is 64.0 Å². The summed E-state index contributed by atoms with van der Waals surface area (Å²) in [6.07, 6.45) is 2.27. The Kier molecular flexibility index (Phi) is 4.65. The zero-order valence-electron chi connectivity index (χ0n) is 14.7. The lowest BCUT2D eigenvalue weighted by Crippen LogP contribution is -2.28. The summed E-state index contributed by atoms with van der Waals surface area (Å²) in [5, 5.41) is 3.47. The van der Waals surface area contributed by atoms with Gasteiger partial charge in [-0.15, -0.1) is 0 Å². The Morgan fingerprint density at radius 1 is 1.12 bits per heavy atom. The van der Waals surface area contributed by atoms with Gasteiger partial charge in [-0.05, 0) is 43.0 Å². The van der Waals surface area contributed by atoms with Crippen LogP contribution in [0, 0.1) is 13.8 Å². The van der Waals surface area contributed by atoms with Gasteiger partial charge in [0.2, 0.25) is 5.91 Å². The maximum absolute atomic E-state index is 12.6. The van der Waals surface area contributed by atoms with E-state index in [1.54, 1.807) is 6.07 Å². The Morgan fingerprint density at radius 2 is 1.84 bits per heavy atom. The molecule has 3 rings (SSSR count). The van der Waals surface area contributed by atoms with Gasteiger partial charge in [0.1, 0.15) is 6.54 Å². The van der Waals surface area contributed by atoms with Crippen molar-refractivity contribution in [1.82, 2.24) is 9.55 Å². The summed E-state index contributed by atoms with van der Waals surface area (Å²) in [6.45, 7) is 5.86. The fourth-order valence-electron chi connectivity index (χ4n) is 2.99. The molecule has 1 aromatic heterocycles. The Balaban J connectivity index is 1.89. The average Bonchev–Trinajstić information content (AvgIpc) is 2.60. The number of fused-ring (bicyclic) bond motifs is 1. The highest BCUT2D eigenvalue weighted by Gasteiger charge is 2.12. The van der Waals surface area contributed by atoms with Crippen LogP contribution in [0.4, 0.5) is 5.69 Å². The molecular weight excluding hydrogens is 314 g/mol. The molecule has 0 aliphatic heterocycles. The number of benzene rings is 2. The first-order valence-corrected chi connectivity index (χ1v) is 8.34. The Bertz CT molecular complexity index is 1010. The summed E-state index contributed by atoms with van der Waals surface area (Å²) in [4.78, 5) is 29.4. The third-order valence-electron chi connectivity index (χ3n) is 4.37. The third-order valence-corrected chi connectivity index (χ3v) is 4.37. The maximum Gasteiger partial charge on any atom is 0.261 e. The van der Waals surface area contributed by atoms with Crippen molar-refractivity contribution >= 4 is 22.5 Å². The quantitative estimate of drug-likeness (QED) is 0.796.